The molecule has 1 aromatic carbocycles. The molecule has 7 heteroatoms. The van der Waals surface area contributed by atoms with Gasteiger partial charge in [-0.15, -0.1) is 0 Å². The van der Waals surface area contributed by atoms with Crippen molar-refractivity contribution in [2.45, 2.75) is 32.1 Å². The second-order valence-corrected chi connectivity index (χ2v) is 5.81. The highest BCUT2D eigenvalue weighted by Crippen LogP contribution is 2.44. The van der Waals surface area contributed by atoms with Crippen LogP contribution in [-0.2, 0) is 19.1 Å². The number of hydrogen-bond acceptors (Lipinski definition) is 5. The van der Waals surface area contributed by atoms with E-state index in [0.29, 0.717) is 24.7 Å². The van der Waals surface area contributed by atoms with Crippen molar-refractivity contribution < 1.29 is 27.8 Å². The van der Waals surface area contributed by atoms with Crippen molar-refractivity contribution in [3.8, 4) is 0 Å². The van der Waals surface area contributed by atoms with Crippen LogP contribution in [0.1, 0.15) is 37.7 Å². The zero-order valence-corrected chi connectivity index (χ0v) is 13.6. The van der Waals surface area contributed by atoms with Gasteiger partial charge in [-0.3, -0.25) is 4.79 Å². The number of halogens is 2. The molecule has 5 nitrogen and oxygen atoms in total. The number of Topliss-reactive ketones (excluding diaryl/α,β-unsaturated/α-hetero) is 1. The van der Waals surface area contributed by atoms with E-state index in [1.54, 1.807) is 6.92 Å². The minimum Gasteiger partial charge on any atom is -0.462 e. The number of carbonyl (C=O) groups is 2. The average molecular weight is 349 g/mol. The molecule has 0 amide bonds. The lowest BCUT2D eigenvalue weighted by atomic mass is 9.77. The van der Waals surface area contributed by atoms with E-state index in [2.05, 4.69) is 0 Å². The van der Waals surface area contributed by atoms with Crippen molar-refractivity contribution in [1.82, 2.24) is 0 Å². The van der Waals surface area contributed by atoms with Crippen molar-refractivity contribution in [2.24, 2.45) is 5.73 Å². The van der Waals surface area contributed by atoms with Crippen LogP contribution in [0, 0.1) is 11.6 Å². The smallest absolute Gasteiger partial charge is 0.340 e. The number of benzene rings is 1. The maximum atomic E-state index is 14.4. The van der Waals surface area contributed by atoms with Gasteiger partial charge in [-0.25, -0.2) is 13.6 Å². The molecular formula is C18H17F2NO4. The molecule has 3 rings (SSSR count). The van der Waals surface area contributed by atoms with E-state index in [9.17, 15) is 18.4 Å². The van der Waals surface area contributed by atoms with Gasteiger partial charge in [-0.1, -0.05) is 6.07 Å². The highest BCUT2D eigenvalue weighted by molar-refractivity contribution is 6.03. The molecule has 0 bridgehead atoms. The first-order valence-corrected chi connectivity index (χ1v) is 7.99. The Morgan fingerprint density at radius 1 is 1.36 bits per heavy atom. The molecule has 25 heavy (non-hydrogen) atoms. The third-order valence-corrected chi connectivity index (χ3v) is 4.25. The second-order valence-electron chi connectivity index (χ2n) is 5.81. The molecule has 0 fully saturated rings. The van der Waals surface area contributed by atoms with Gasteiger partial charge in [-0.05, 0) is 19.4 Å². The number of esters is 1. The van der Waals surface area contributed by atoms with Crippen LogP contribution in [0.2, 0.25) is 0 Å². The first-order chi connectivity index (χ1) is 11.9. The molecular weight excluding hydrogens is 332 g/mol. The predicted octanol–water partition coefficient (Wildman–Crippen LogP) is 2.82. The summed E-state index contributed by atoms with van der Waals surface area (Å²) in [7, 11) is 0. The lowest BCUT2D eigenvalue weighted by Gasteiger charge is -2.32. The summed E-state index contributed by atoms with van der Waals surface area (Å²) in [5.41, 5.74) is 5.92. The summed E-state index contributed by atoms with van der Waals surface area (Å²) in [6.45, 7) is 1.69. The minimum atomic E-state index is -1.07. The van der Waals surface area contributed by atoms with Gasteiger partial charge in [0.05, 0.1) is 12.5 Å². The Morgan fingerprint density at radius 2 is 2.12 bits per heavy atom. The third-order valence-electron chi connectivity index (χ3n) is 4.25. The van der Waals surface area contributed by atoms with Gasteiger partial charge in [-0.2, -0.15) is 0 Å². The molecule has 0 saturated heterocycles. The van der Waals surface area contributed by atoms with Gasteiger partial charge in [0.1, 0.15) is 23.0 Å². The van der Waals surface area contributed by atoms with Crippen LogP contribution in [-0.4, -0.2) is 18.4 Å². The second kappa shape index (κ2) is 6.66. The van der Waals surface area contributed by atoms with E-state index in [1.807, 2.05) is 0 Å². The van der Waals surface area contributed by atoms with Gasteiger partial charge >= 0.3 is 5.97 Å². The van der Waals surface area contributed by atoms with Gasteiger partial charge in [0.15, 0.2) is 5.78 Å². The van der Waals surface area contributed by atoms with Gasteiger partial charge in [0.25, 0.3) is 0 Å². The molecule has 2 N–H and O–H groups in total. The van der Waals surface area contributed by atoms with Crippen LogP contribution in [0.25, 0.3) is 0 Å². The molecule has 1 atom stereocenters. The van der Waals surface area contributed by atoms with Crippen LogP contribution >= 0.6 is 0 Å². The first-order valence-electron chi connectivity index (χ1n) is 7.99. The minimum absolute atomic E-state index is 0.0153. The van der Waals surface area contributed by atoms with Crippen molar-refractivity contribution in [3.05, 3.63) is 58.2 Å². The van der Waals surface area contributed by atoms with E-state index < -0.39 is 23.5 Å². The molecule has 1 aliphatic carbocycles. The van der Waals surface area contributed by atoms with Crippen LogP contribution in [0.5, 0.6) is 0 Å². The Hall–Kier alpha value is -2.70. The Balaban J connectivity index is 2.20. The summed E-state index contributed by atoms with van der Waals surface area (Å²) in [6, 6.07) is 2.98. The topological polar surface area (TPSA) is 78.6 Å². The molecule has 1 aromatic rings. The Morgan fingerprint density at radius 3 is 2.80 bits per heavy atom. The fourth-order valence-corrected chi connectivity index (χ4v) is 3.21. The first kappa shape index (κ1) is 17.1. The zero-order chi connectivity index (χ0) is 18.1. The summed E-state index contributed by atoms with van der Waals surface area (Å²) in [5.74, 6) is -3.63. The van der Waals surface area contributed by atoms with E-state index in [1.165, 1.54) is 6.07 Å². The molecule has 0 radical (unpaired) electrons. The summed E-state index contributed by atoms with van der Waals surface area (Å²) >= 11 is 0. The van der Waals surface area contributed by atoms with Crippen molar-refractivity contribution in [3.63, 3.8) is 0 Å². The number of carbonyl (C=O) groups excluding carboxylic acids is 2. The highest BCUT2D eigenvalue weighted by atomic mass is 19.1. The molecule has 132 valence electrons. The van der Waals surface area contributed by atoms with Gasteiger partial charge in [0.2, 0.25) is 5.88 Å². The van der Waals surface area contributed by atoms with Crippen LogP contribution < -0.4 is 5.73 Å². The zero-order valence-electron chi connectivity index (χ0n) is 13.6. The van der Waals surface area contributed by atoms with Crippen LogP contribution in [0.3, 0.4) is 0 Å². The molecule has 0 aromatic heterocycles. The molecule has 0 unspecified atom stereocenters. The summed E-state index contributed by atoms with van der Waals surface area (Å²) in [5, 5.41) is 0. The maximum absolute atomic E-state index is 14.4. The number of hydrogen-bond donors (Lipinski definition) is 1. The molecule has 1 aliphatic heterocycles. The standard InChI is InChI=1S/C18H17F2NO4/c1-2-24-18(23)16-14(10-7-6-9(19)8-11(10)20)15-12(22)4-3-5-13(15)25-17(16)21/h6-8,14H,2-5,21H2,1H3/t14-/m0/s1. The predicted molar refractivity (Wildman–Crippen MR) is 83.9 cm³/mol. The number of ether oxygens (including phenoxy) is 2. The summed E-state index contributed by atoms with van der Waals surface area (Å²) in [4.78, 5) is 24.9. The Labute approximate surface area is 143 Å². The summed E-state index contributed by atoms with van der Waals surface area (Å²) in [6.07, 6.45) is 1.30. The SMILES string of the molecule is CCOC(=O)C1=C(N)OC2=C(C(=O)CCC2)[C@@H]1c1ccc(F)cc1F. The van der Waals surface area contributed by atoms with Crippen molar-refractivity contribution in [1.29, 1.82) is 0 Å². The molecule has 2 aliphatic rings. The fraction of sp³-hybridized carbons (Fsp3) is 0.333. The van der Waals surface area contributed by atoms with Crippen molar-refractivity contribution in [2.75, 3.05) is 6.61 Å². The highest BCUT2D eigenvalue weighted by Gasteiger charge is 2.42. The van der Waals surface area contributed by atoms with Gasteiger partial charge < -0.3 is 15.2 Å². The van der Waals surface area contributed by atoms with Gasteiger partial charge in [0, 0.05) is 30.0 Å². The van der Waals surface area contributed by atoms with E-state index in [4.69, 9.17) is 15.2 Å². The van der Waals surface area contributed by atoms with Crippen molar-refractivity contribution >= 4 is 11.8 Å². The number of allylic oxidation sites excluding steroid dienone is 2. The normalized spacial score (nSPS) is 20.3. The van der Waals surface area contributed by atoms with E-state index in [-0.39, 0.29) is 41.4 Å². The van der Waals surface area contributed by atoms with Crippen LogP contribution in [0.15, 0.2) is 41.0 Å². The maximum Gasteiger partial charge on any atom is 0.340 e. The number of rotatable bonds is 3. The lowest BCUT2D eigenvalue weighted by molar-refractivity contribution is -0.139. The quantitative estimate of drug-likeness (QED) is 0.849. The molecule has 0 saturated carbocycles. The van der Waals surface area contributed by atoms with E-state index >= 15 is 0 Å². The average Bonchev–Trinajstić information content (AvgIpc) is 2.54. The third kappa shape index (κ3) is 3.01. The summed E-state index contributed by atoms with van der Waals surface area (Å²) < 4.78 is 38.2. The number of nitrogens with two attached hydrogens (primary N) is 1. The molecule has 1 heterocycles. The van der Waals surface area contributed by atoms with Crippen LogP contribution in [0.4, 0.5) is 8.78 Å². The fourth-order valence-electron chi connectivity index (χ4n) is 3.21. The molecule has 0 spiro atoms. The van der Waals surface area contributed by atoms with E-state index in [0.717, 1.165) is 6.07 Å². The monoisotopic (exact) mass is 349 g/mol. The number of ketones is 1. The largest absolute Gasteiger partial charge is 0.462 e. The lowest BCUT2D eigenvalue weighted by Crippen LogP contribution is -2.32. The Kier molecular flexibility index (Phi) is 4.57. The Bertz CT molecular complexity index is 813.